The maximum absolute atomic E-state index is 5.98. The highest BCUT2D eigenvalue weighted by Gasteiger charge is 2.14. The number of guanidine groups is 1. The smallest absolute Gasteiger partial charge is 0.188 e. The molecule has 0 atom stereocenters. The van der Waals surface area contributed by atoms with Crippen LogP contribution < -0.4 is 20.5 Å². The van der Waals surface area contributed by atoms with Crippen molar-refractivity contribution in [3.8, 4) is 11.5 Å². The fraction of sp³-hybridized carbons (Fsp3) is 0.500. The summed E-state index contributed by atoms with van der Waals surface area (Å²) in [4.78, 5) is 10.7. The van der Waals surface area contributed by atoms with Crippen LogP contribution in [0.25, 0.3) is 0 Å². The quantitative estimate of drug-likeness (QED) is 0.242. The van der Waals surface area contributed by atoms with Gasteiger partial charge in [-0.05, 0) is 49.8 Å². The van der Waals surface area contributed by atoms with Crippen molar-refractivity contribution >= 4 is 41.3 Å². The summed E-state index contributed by atoms with van der Waals surface area (Å²) in [5.41, 5.74) is 8.33. The molecular weight excluding hydrogens is 487 g/mol. The van der Waals surface area contributed by atoms with Crippen molar-refractivity contribution in [2.45, 2.75) is 45.1 Å². The number of fused-ring (bicyclic) bond motifs is 1. The SMILES string of the molecule is COc1ccc(CN=C(N)NCCCc2nc3c(s2)CCCC3)cc1OC.I. The zero-order chi connectivity index (χ0) is 19.1. The Morgan fingerprint density at radius 1 is 1.21 bits per heavy atom. The zero-order valence-corrected chi connectivity index (χ0v) is 19.6. The molecule has 1 aromatic carbocycles. The maximum atomic E-state index is 5.98. The molecule has 3 N–H and O–H groups in total. The monoisotopic (exact) mass is 516 g/mol. The van der Waals surface area contributed by atoms with Gasteiger partial charge in [-0.3, -0.25) is 0 Å². The minimum absolute atomic E-state index is 0. The molecule has 3 rings (SSSR count). The average molecular weight is 516 g/mol. The molecule has 0 saturated carbocycles. The van der Waals surface area contributed by atoms with Crippen molar-refractivity contribution in [1.29, 1.82) is 0 Å². The van der Waals surface area contributed by atoms with E-state index in [2.05, 4.69) is 10.3 Å². The normalized spacial score (nSPS) is 13.4. The standard InChI is InChI=1S/C20H28N4O2S.HI/c1-25-16-10-9-14(12-17(16)26-2)13-23-20(21)22-11-5-8-19-24-15-6-3-4-7-18(15)27-19;/h9-10,12H,3-8,11,13H2,1-2H3,(H3,21,22,23);1H. The van der Waals surface area contributed by atoms with Gasteiger partial charge in [-0.15, -0.1) is 35.3 Å². The third-order valence-corrected chi connectivity index (χ3v) is 5.86. The molecule has 0 radical (unpaired) electrons. The van der Waals surface area contributed by atoms with Crippen LogP contribution >= 0.6 is 35.3 Å². The van der Waals surface area contributed by atoms with E-state index < -0.39 is 0 Å². The first-order valence-electron chi connectivity index (χ1n) is 9.41. The number of nitrogens with two attached hydrogens (primary N) is 1. The Hall–Kier alpha value is -1.55. The third-order valence-electron chi connectivity index (χ3n) is 4.64. The lowest BCUT2D eigenvalue weighted by molar-refractivity contribution is 0.354. The molecule has 1 aromatic heterocycles. The van der Waals surface area contributed by atoms with Crippen molar-refractivity contribution in [3.05, 3.63) is 39.3 Å². The zero-order valence-electron chi connectivity index (χ0n) is 16.5. The lowest BCUT2D eigenvalue weighted by Crippen LogP contribution is -2.32. The molecule has 0 amide bonds. The van der Waals surface area contributed by atoms with Gasteiger partial charge in [-0.2, -0.15) is 0 Å². The van der Waals surface area contributed by atoms with Gasteiger partial charge in [0.25, 0.3) is 0 Å². The molecule has 1 aliphatic rings. The number of thiazole rings is 1. The number of aromatic nitrogens is 1. The van der Waals surface area contributed by atoms with Crippen molar-refractivity contribution < 1.29 is 9.47 Å². The number of methoxy groups -OCH3 is 2. The highest BCUT2D eigenvalue weighted by atomic mass is 127. The molecule has 1 heterocycles. The van der Waals surface area contributed by atoms with Crippen LogP contribution in [0.15, 0.2) is 23.2 Å². The molecular formula is C20H29IN4O2S. The number of hydrogen-bond donors (Lipinski definition) is 2. The van der Waals surface area contributed by atoms with Gasteiger partial charge in [0.1, 0.15) is 0 Å². The highest BCUT2D eigenvalue weighted by molar-refractivity contribution is 14.0. The molecule has 0 unspecified atom stereocenters. The number of aliphatic imine (C=N–C) groups is 1. The lowest BCUT2D eigenvalue weighted by Gasteiger charge is -2.09. The van der Waals surface area contributed by atoms with E-state index in [0.717, 1.165) is 31.4 Å². The van der Waals surface area contributed by atoms with Crippen molar-refractivity contribution in [2.24, 2.45) is 10.7 Å². The Labute approximate surface area is 188 Å². The summed E-state index contributed by atoms with van der Waals surface area (Å²) < 4.78 is 10.6. The predicted molar refractivity (Wildman–Crippen MR) is 125 cm³/mol. The Balaban J connectivity index is 0.00000280. The van der Waals surface area contributed by atoms with Gasteiger partial charge in [0.05, 0.1) is 31.5 Å². The number of ether oxygens (including phenoxy) is 2. The van der Waals surface area contributed by atoms with Crippen LogP contribution in [0.2, 0.25) is 0 Å². The number of rotatable bonds is 8. The van der Waals surface area contributed by atoms with Gasteiger partial charge in [0.15, 0.2) is 17.5 Å². The molecule has 0 aliphatic heterocycles. The van der Waals surface area contributed by atoms with E-state index >= 15 is 0 Å². The number of halogens is 1. The Morgan fingerprint density at radius 2 is 2.00 bits per heavy atom. The molecule has 6 nitrogen and oxygen atoms in total. The van der Waals surface area contributed by atoms with Crippen LogP contribution in [0.4, 0.5) is 0 Å². The van der Waals surface area contributed by atoms with Crippen molar-refractivity contribution in [1.82, 2.24) is 10.3 Å². The molecule has 28 heavy (non-hydrogen) atoms. The van der Waals surface area contributed by atoms with Crippen LogP contribution in [0.3, 0.4) is 0 Å². The number of aryl methyl sites for hydroxylation is 3. The van der Waals surface area contributed by atoms with Crippen LogP contribution in [0.1, 0.15) is 40.4 Å². The summed E-state index contributed by atoms with van der Waals surface area (Å²) in [7, 11) is 3.25. The molecule has 154 valence electrons. The Bertz CT molecular complexity index is 771. The second-order valence-electron chi connectivity index (χ2n) is 6.61. The van der Waals surface area contributed by atoms with E-state index in [1.165, 1.54) is 34.8 Å². The van der Waals surface area contributed by atoms with Gasteiger partial charge in [0, 0.05) is 17.8 Å². The molecule has 2 aromatic rings. The molecule has 0 saturated heterocycles. The van der Waals surface area contributed by atoms with Crippen LogP contribution in [0, 0.1) is 0 Å². The van der Waals surface area contributed by atoms with E-state index in [1.54, 1.807) is 14.2 Å². The van der Waals surface area contributed by atoms with Gasteiger partial charge in [-0.25, -0.2) is 9.98 Å². The van der Waals surface area contributed by atoms with Gasteiger partial charge >= 0.3 is 0 Å². The van der Waals surface area contributed by atoms with E-state index in [-0.39, 0.29) is 24.0 Å². The average Bonchev–Trinajstić information content (AvgIpc) is 3.12. The summed E-state index contributed by atoms with van der Waals surface area (Å²) in [6, 6.07) is 5.75. The van der Waals surface area contributed by atoms with Gasteiger partial charge in [0.2, 0.25) is 0 Å². The molecule has 8 heteroatoms. The molecule has 0 bridgehead atoms. The van der Waals surface area contributed by atoms with Crippen LogP contribution in [0.5, 0.6) is 11.5 Å². The summed E-state index contributed by atoms with van der Waals surface area (Å²) in [5.74, 6) is 1.87. The maximum Gasteiger partial charge on any atom is 0.188 e. The number of hydrogen-bond acceptors (Lipinski definition) is 5. The molecule has 1 aliphatic carbocycles. The summed E-state index contributed by atoms with van der Waals surface area (Å²) in [5, 5.41) is 4.44. The lowest BCUT2D eigenvalue weighted by atomic mass is 10.0. The molecule has 0 fully saturated rings. The first kappa shape index (κ1) is 22.7. The fourth-order valence-corrected chi connectivity index (χ4v) is 4.38. The van der Waals surface area contributed by atoms with Gasteiger partial charge < -0.3 is 20.5 Å². The third kappa shape index (κ3) is 6.23. The minimum Gasteiger partial charge on any atom is -0.493 e. The van der Waals surface area contributed by atoms with Crippen molar-refractivity contribution in [3.63, 3.8) is 0 Å². The van der Waals surface area contributed by atoms with Crippen molar-refractivity contribution in [2.75, 3.05) is 20.8 Å². The number of benzene rings is 1. The first-order valence-corrected chi connectivity index (χ1v) is 10.2. The molecule has 0 spiro atoms. The second kappa shape index (κ2) is 11.5. The van der Waals surface area contributed by atoms with E-state index in [9.17, 15) is 0 Å². The largest absolute Gasteiger partial charge is 0.493 e. The summed E-state index contributed by atoms with van der Waals surface area (Å²) >= 11 is 1.89. The number of nitrogens with one attached hydrogen (secondary N) is 1. The highest BCUT2D eigenvalue weighted by Crippen LogP contribution is 2.28. The van der Waals surface area contributed by atoms with E-state index in [1.807, 2.05) is 29.5 Å². The van der Waals surface area contributed by atoms with Gasteiger partial charge in [-0.1, -0.05) is 6.07 Å². The first-order chi connectivity index (χ1) is 13.2. The summed E-state index contributed by atoms with van der Waals surface area (Å²) in [6.07, 6.45) is 6.95. The second-order valence-corrected chi connectivity index (χ2v) is 7.77. The van der Waals surface area contributed by atoms with Crippen LogP contribution in [-0.2, 0) is 25.8 Å². The Kier molecular flexibility index (Phi) is 9.30. The predicted octanol–water partition coefficient (Wildman–Crippen LogP) is 3.69. The van der Waals surface area contributed by atoms with E-state index in [4.69, 9.17) is 20.2 Å². The van der Waals surface area contributed by atoms with Crippen LogP contribution in [-0.4, -0.2) is 31.7 Å². The summed E-state index contributed by atoms with van der Waals surface area (Å²) in [6.45, 7) is 1.30. The topological polar surface area (TPSA) is 81.8 Å². The minimum atomic E-state index is 0. The fourth-order valence-electron chi connectivity index (χ4n) is 3.18. The number of nitrogens with zero attached hydrogens (tertiary/aromatic N) is 2. The van der Waals surface area contributed by atoms with E-state index in [0.29, 0.717) is 24.0 Å². The Morgan fingerprint density at radius 3 is 2.75 bits per heavy atom.